The van der Waals surface area contributed by atoms with E-state index in [1.165, 1.54) is 19.3 Å². The maximum absolute atomic E-state index is 12.2. The van der Waals surface area contributed by atoms with Crippen molar-refractivity contribution in [3.63, 3.8) is 0 Å². The Morgan fingerprint density at radius 2 is 1.78 bits per heavy atom. The molecule has 1 saturated carbocycles. The van der Waals surface area contributed by atoms with Gasteiger partial charge >= 0.3 is 0 Å². The normalized spacial score (nSPS) is 27.1. The van der Waals surface area contributed by atoms with Crippen LogP contribution in [0.15, 0.2) is 0 Å². The Bertz CT molecular complexity index is 281. The van der Waals surface area contributed by atoms with Gasteiger partial charge in [-0.2, -0.15) is 0 Å². The van der Waals surface area contributed by atoms with Gasteiger partial charge in [0, 0.05) is 6.04 Å². The summed E-state index contributed by atoms with van der Waals surface area (Å²) in [5, 5.41) is 3.19. The number of carbonyl (C=O) groups excluding carboxylic acids is 1. The lowest BCUT2D eigenvalue weighted by Gasteiger charge is -2.36. The second-order valence-corrected chi connectivity index (χ2v) is 7.15. The molecular weight excluding hydrogens is 224 g/mol. The summed E-state index contributed by atoms with van der Waals surface area (Å²) in [5.74, 6) is 1.25. The Kier molecular flexibility index (Phi) is 5.20. The van der Waals surface area contributed by atoms with Gasteiger partial charge in [0.2, 0.25) is 5.91 Å². The Morgan fingerprint density at radius 1 is 1.22 bits per heavy atom. The van der Waals surface area contributed by atoms with Crippen LogP contribution in [0.2, 0.25) is 0 Å². The van der Waals surface area contributed by atoms with Crippen LogP contribution in [0.25, 0.3) is 0 Å². The topological polar surface area (TPSA) is 55.1 Å². The zero-order chi connectivity index (χ0) is 13.9. The molecule has 3 atom stereocenters. The molecule has 1 aliphatic rings. The molecule has 1 fully saturated rings. The first-order chi connectivity index (χ1) is 8.23. The molecule has 0 aromatic rings. The second kappa shape index (κ2) is 6.05. The lowest BCUT2D eigenvalue weighted by molar-refractivity contribution is -0.126. The van der Waals surface area contributed by atoms with Gasteiger partial charge in [-0.3, -0.25) is 4.79 Å². The number of amides is 1. The predicted molar refractivity (Wildman–Crippen MR) is 76.2 cm³/mol. The minimum absolute atomic E-state index is 0.0139. The van der Waals surface area contributed by atoms with Gasteiger partial charge < -0.3 is 11.1 Å². The van der Waals surface area contributed by atoms with E-state index in [9.17, 15) is 4.79 Å². The van der Waals surface area contributed by atoms with E-state index in [1.807, 2.05) is 20.8 Å². The average molecular weight is 254 g/mol. The lowest BCUT2D eigenvalue weighted by Crippen LogP contribution is -2.54. The van der Waals surface area contributed by atoms with E-state index in [1.54, 1.807) is 0 Å². The molecule has 0 aromatic carbocycles. The third-order valence-electron chi connectivity index (χ3n) is 4.22. The van der Waals surface area contributed by atoms with Gasteiger partial charge in [0.1, 0.15) is 0 Å². The Labute approximate surface area is 112 Å². The maximum Gasteiger partial charge on any atom is 0.237 e. The molecule has 0 radical (unpaired) electrons. The average Bonchev–Trinajstić information content (AvgIpc) is 2.27. The Morgan fingerprint density at radius 3 is 2.28 bits per heavy atom. The molecule has 0 heterocycles. The number of nitrogens with one attached hydrogen (secondary N) is 1. The number of carbonyl (C=O) groups is 1. The second-order valence-electron chi connectivity index (χ2n) is 7.15. The zero-order valence-electron chi connectivity index (χ0n) is 12.6. The summed E-state index contributed by atoms with van der Waals surface area (Å²) in [4.78, 5) is 12.2. The first-order valence-corrected chi connectivity index (χ1v) is 7.29. The van der Waals surface area contributed by atoms with Crippen molar-refractivity contribution in [1.82, 2.24) is 5.32 Å². The van der Waals surface area contributed by atoms with E-state index in [-0.39, 0.29) is 11.3 Å². The van der Waals surface area contributed by atoms with E-state index >= 15 is 0 Å². The van der Waals surface area contributed by atoms with E-state index in [0.717, 1.165) is 6.42 Å². The largest absolute Gasteiger partial charge is 0.352 e. The van der Waals surface area contributed by atoms with Crippen molar-refractivity contribution in [1.29, 1.82) is 0 Å². The quantitative estimate of drug-likeness (QED) is 0.813. The molecule has 3 heteroatoms. The van der Waals surface area contributed by atoms with Gasteiger partial charge in [-0.15, -0.1) is 0 Å². The van der Waals surface area contributed by atoms with Crippen LogP contribution >= 0.6 is 0 Å². The van der Waals surface area contributed by atoms with Crippen LogP contribution < -0.4 is 11.1 Å². The van der Waals surface area contributed by atoms with Crippen molar-refractivity contribution in [3.05, 3.63) is 0 Å². The molecule has 0 aromatic heterocycles. The molecule has 0 aliphatic heterocycles. The molecule has 18 heavy (non-hydrogen) atoms. The third kappa shape index (κ3) is 3.98. The fraction of sp³-hybridized carbons (Fsp3) is 0.933. The summed E-state index contributed by atoms with van der Waals surface area (Å²) in [7, 11) is 0. The molecule has 3 nitrogen and oxygen atoms in total. The molecule has 1 aliphatic carbocycles. The van der Waals surface area contributed by atoms with Crippen LogP contribution in [0.4, 0.5) is 0 Å². The summed E-state index contributed by atoms with van der Waals surface area (Å²) in [6.07, 6.45) is 4.85. The molecule has 1 rings (SSSR count). The van der Waals surface area contributed by atoms with Crippen molar-refractivity contribution >= 4 is 5.91 Å². The van der Waals surface area contributed by atoms with Gasteiger partial charge in [-0.05, 0) is 30.1 Å². The van der Waals surface area contributed by atoms with Crippen molar-refractivity contribution in [2.45, 2.75) is 72.4 Å². The van der Waals surface area contributed by atoms with E-state index in [2.05, 4.69) is 19.2 Å². The Hall–Kier alpha value is -0.570. The molecule has 106 valence electrons. The van der Waals surface area contributed by atoms with Crippen LogP contribution in [0.5, 0.6) is 0 Å². The van der Waals surface area contributed by atoms with Crippen LogP contribution in [0, 0.1) is 17.3 Å². The van der Waals surface area contributed by atoms with E-state index in [4.69, 9.17) is 5.73 Å². The highest BCUT2D eigenvalue weighted by atomic mass is 16.2. The minimum atomic E-state index is -0.424. The lowest BCUT2D eigenvalue weighted by atomic mass is 9.77. The number of rotatable bonds is 3. The zero-order valence-corrected chi connectivity index (χ0v) is 12.6. The van der Waals surface area contributed by atoms with Crippen LogP contribution in [0.3, 0.4) is 0 Å². The van der Waals surface area contributed by atoms with Crippen molar-refractivity contribution in [2.75, 3.05) is 0 Å². The minimum Gasteiger partial charge on any atom is -0.352 e. The van der Waals surface area contributed by atoms with Crippen molar-refractivity contribution in [2.24, 2.45) is 23.0 Å². The van der Waals surface area contributed by atoms with Gasteiger partial charge in [-0.1, -0.05) is 47.5 Å². The highest BCUT2D eigenvalue weighted by Gasteiger charge is 2.33. The molecule has 3 N–H and O–H groups in total. The van der Waals surface area contributed by atoms with Gasteiger partial charge in [0.05, 0.1) is 6.04 Å². The fourth-order valence-electron chi connectivity index (χ4n) is 2.80. The van der Waals surface area contributed by atoms with Crippen LogP contribution in [-0.2, 0) is 4.79 Å². The predicted octanol–water partition coefficient (Wildman–Crippen LogP) is 2.69. The maximum atomic E-state index is 12.2. The van der Waals surface area contributed by atoms with Crippen molar-refractivity contribution < 1.29 is 4.79 Å². The standard InChI is InChI=1S/C15H30N2O/c1-10(2)11-8-6-7-9-12(11)17-14(18)13(16)15(3,4)5/h10-13H,6-9,16H2,1-5H3,(H,17,18). The molecule has 0 spiro atoms. The number of hydrogen-bond acceptors (Lipinski definition) is 2. The van der Waals surface area contributed by atoms with Gasteiger partial charge in [0.25, 0.3) is 0 Å². The summed E-state index contributed by atoms with van der Waals surface area (Å²) in [6, 6.07) is -0.105. The fourth-order valence-corrected chi connectivity index (χ4v) is 2.80. The van der Waals surface area contributed by atoms with Gasteiger partial charge in [-0.25, -0.2) is 0 Å². The third-order valence-corrected chi connectivity index (χ3v) is 4.22. The monoisotopic (exact) mass is 254 g/mol. The Balaban J connectivity index is 2.62. The first kappa shape index (κ1) is 15.5. The smallest absolute Gasteiger partial charge is 0.237 e. The summed E-state index contributed by atoms with van der Waals surface area (Å²) in [5.41, 5.74) is 5.85. The van der Waals surface area contributed by atoms with E-state index in [0.29, 0.717) is 17.9 Å². The number of hydrogen-bond donors (Lipinski definition) is 2. The molecule has 3 unspecified atom stereocenters. The summed E-state index contributed by atoms with van der Waals surface area (Å²) < 4.78 is 0. The molecule has 0 saturated heterocycles. The first-order valence-electron chi connectivity index (χ1n) is 7.29. The summed E-state index contributed by atoms with van der Waals surface area (Å²) >= 11 is 0. The number of nitrogens with two attached hydrogens (primary N) is 1. The van der Waals surface area contributed by atoms with Crippen molar-refractivity contribution in [3.8, 4) is 0 Å². The molecule has 0 bridgehead atoms. The van der Waals surface area contributed by atoms with Crippen LogP contribution in [0.1, 0.15) is 60.3 Å². The molecular formula is C15H30N2O. The molecule has 1 amide bonds. The highest BCUT2D eigenvalue weighted by molar-refractivity contribution is 5.82. The summed E-state index contributed by atoms with van der Waals surface area (Å²) in [6.45, 7) is 10.5. The highest BCUT2D eigenvalue weighted by Crippen LogP contribution is 2.30. The van der Waals surface area contributed by atoms with E-state index < -0.39 is 6.04 Å². The van der Waals surface area contributed by atoms with Crippen LogP contribution in [-0.4, -0.2) is 18.0 Å². The van der Waals surface area contributed by atoms with Gasteiger partial charge in [0.15, 0.2) is 0 Å². The SMILES string of the molecule is CC(C)C1CCCCC1NC(=O)C(N)C(C)(C)C.